The molecule has 0 radical (unpaired) electrons. The molecule has 0 spiro atoms. The molecule has 3 heteroatoms. The average molecular weight is 349 g/mol. The van der Waals surface area contributed by atoms with Gasteiger partial charge in [-0.1, -0.05) is 52.3 Å². The van der Waals surface area contributed by atoms with Crippen LogP contribution in [0.25, 0.3) is 0 Å². The van der Waals surface area contributed by atoms with Crippen molar-refractivity contribution in [1.82, 2.24) is 0 Å². The molecule has 1 atom stereocenters. The summed E-state index contributed by atoms with van der Waals surface area (Å²) in [7, 11) is 3.42. The minimum atomic E-state index is 0.322. The van der Waals surface area contributed by atoms with Crippen molar-refractivity contribution in [2.24, 2.45) is 0 Å². The number of benzene rings is 2. The molecule has 0 amide bonds. The van der Waals surface area contributed by atoms with Crippen molar-refractivity contribution in [3.63, 3.8) is 0 Å². The molecule has 112 valence electrons. The van der Waals surface area contributed by atoms with E-state index in [1.807, 2.05) is 12.1 Å². The van der Waals surface area contributed by atoms with Gasteiger partial charge in [-0.2, -0.15) is 0 Å². The summed E-state index contributed by atoms with van der Waals surface area (Å²) in [5.41, 5.74) is 3.90. The standard InChI is InChI=1S/C18H21BrO2/c1-20-12-11-14-3-7-16(8-4-14)18(19)13-15-5-9-17(21-2)10-6-15/h3-10,18H,11-13H2,1-2H3. The molecular formula is C18H21BrO2. The van der Waals surface area contributed by atoms with Crippen LogP contribution >= 0.6 is 15.9 Å². The van der Waals surface area contributed by atoms with Crippen LogP contribution < -0.4 is 4.74 Å². The summed E-state index contributed by atoms with van der Waals surface area (Å²) in [6.07, 6.45) is 1.92. The molecule has 0 saturated heterocycles. The second-order valence-corrected chi connectivity index (χ2v) is 6.11. The van der Waals surface area contributed by atoms with E-state index in [9.17, 15) is 0 Å². The number of rotatable bonds is 7. The third-order valence-corrected chi connectivity index (χ3v) is 4.36. The molecule has 0 aromatic heterocycles. The fourth-order valence-corrected chi connectivity index (χ4v) is 2.88. The monoisotopic (exact) mass is 348 g/mol. The van der Waals surface area contributed by atoms with Crippen molar-refractivity contribution >= 4 is 15.9 Å². The summed E-state index contributed by atoms with van der Waals surface area (Å²) < 4.78 is 10.3. The summed E-state index contributed by atoms with van der Waals surface area (Å²) in [5, 5.41) is 0. The van der Waals surface area contributed by atoms with Gasteiger partial charge in [0.15, 0.2) is 0 Å². The highest BCUT2D eigenvalue weighted by Crippen LogP contribution is 2.28. The van der Waals surface area contributed by atoms with Gasteiger partial charge in [0, 0.05) is 11.9 Å². The number of methoxy groups -OCH3 is 2. The van der Waals surface area contributed by atoms with Crippen molar-refractivity contribution in [2.75, 3.05) is 20.8 Å². The van der Waals surface area contributed by atoms with Gasteiger partial charge in [0.05, 0.1) is 13.7 Å². The van der Waals surface area contributed by atoms with E-state index in [0.717, 1.165) is 25.2 Å². The van der Waals surface area contributed by atoms with Gasteiger partial charge < -0.3 is 9.47 Å². The highest BCUT2D eigenvalue weighted by atomic mass is 79.9. The summed E-state index contributed by atoms with van der Waals surface area (Å²) in [5.74, 6) is 0.896. The van der Waals surface area contributed by atoms with E-state index in [-0.39, 0.29) is 0 Å². The van der Waals surface area contributed by atoms with Crippen molar-refractivity contribution in [3.05, 3.63) is 65.2 Å². The lowest BCUT2D eigenvalue weighted by Gasteiger charge is -2.12. The Balaban J connectivity index is 1.96. The number of hydrogen-bond donors (Lipinski definition) is 0. The largest absolute Gasteiger partial charge is 0.497 e. The Labute approximate surface area is 135 Å². The first kappa shape index (κ1) is 16.1. The topological polar surface area (TPSA) is 18.5 Å². The second-order valence-electron chi connectivity index (χ2n) is 5.00. The summed E-state index contributed by atoms with van der Waals surface area (Å²) in [6, 6.07) is 17.0. The number of hydrogen-bond acceptors (Lipinski definition) is 2. The predicted molar refractivity (Wildman–Crippen MR) is 90.4 cm³/mol. The summed E-state index contributed by atoms with van der Waals surface area (Å²) in [6.45, 7) is 0.767. The highest BCUT2D eigenvalue weighted by Gasteiger charge is 2.08. The molecule has 0 bridgehead atoms. The highest BCUT2D eigenvalue weighted by molar-refractivity contribution is 9.09. The average Bonchev–Trinajstić information content (AvgIpc) is 2.54. The SMILES string of the molecule is COCCc1ccc(C(Br)Cc2ccc(OC)cc2)cc1. The Bertz CT molecular complexity index is 534. The van der Waals surface area contributed by atoms with E-state index in [2.05, 4.69) is 52.3 Å². The molecule has 0 aliphatic carbocycles. The summed E-state index contributed by atoms with van der Waals surface area (Å²) >= 11 is 3.78. The van der Waals surface area contributed by atoms with Crippen LogP contribution in [0.5, 0.6) is 5.75 Å². The van der Waals surface area contributed by atoms with Crippen molar-refractivity contribution in [2.45, 2.75) is 17.7 Å². The van der Waals surface area contributed by atoms with E-state index in [1.165, 1.54) is 16.7 Å². The van der Waals surface area contributed by atoms with E-state index in [1.54, 1.807) is 14.2 Å². The van der Waals surface area contributed by atoms with Gasteiger partial charge in [0.2, 0.25) is 0 Å². The zero-order chi connectivity index (χ0) is 15.1. The van der Waals surface area contributed by atoms with E-state index >= 15 is 0 Å². The number of halogens is 1. The second kappa shape index (κ2) is 8.20. The lowest BCUT2D eigenvalue weighted by molar-refractivity contribution is 0.202. The molecule has 0 aliphatic heterocycles. The minimum Gasteiger partial charge on any atom is -0.497 e. The van der Waals surface area contributed by atoms with Gasteiger partial charge in [-0.3, -0.25) is 0 Å². The van der Waals surface area contributed by atoms with Crippen LogP contribution in [0.15, 0.2) is 48.5 Å². The minimum absolute atomic E-state index is 0.322. The number of alkyl halides is 1. The molecule has 0 saturated carbocycles. The Hall–Kier alpha value is -1.32. The summed E-state index contributed by atoms with van der Waals surface area (Å²) in [4.78, 5) is 0.322. The van der Waals surface area contributed by atoms with Gasteiger partial charge in [-0.25, -0.2) is 0 Å². The van der Waals surface area contributed by atoms with Crippen LogP contribution in [0, 0.1) is 0 Å². The third-order valence-electron chi connectivity index (χ3n) is 3.51. The maximum absolute atomic E-state index is 5.18. The Kier molecular flexibility index (Phi) is 6.27. The fourth-order valence-electron chi connectivity index (χ4n) is 2.20. The van der Waals surface area contributed by atoms with Crippen molar-refractivity contribution in [3.8, 4) is 5.75 Å². The molecule has 2 nitrogen and oxygen atoms in total. The first-order valence-corrected chi connectivity index (χ1v) is 7.99. The molecule has 0 N–H and O–H groups in total. The predicted octanol–water partition coefficient (Wildman–Crippen LogP) is 4.56. The van der Waals surface area contributed by atoms with Crippen LogP contribution in [-0.4, -0.2) is 20.8 Å². The molecule has 21 heavy (non-hydrogen) atoms. The molecule has 2 aromatic rings. The zero-order valence-corrected chi connectivity index (χ0v) is 14.1. The van der Waals surface area contributed by atoms with Crippen molar-refractivity contribution < 1.29 is 9.47 Å². The van der Waals surface area contributed by atoms with E-state index in [4.69, 9.17) is 9.47 Å². The van der Waals surface area contributed by atoms with Gasteiger partial charge in [-0.05, 0) is 41.7 Å². The van der Waals surface area contributed by atoms with Crippen molar-refractivity contribution in [1.29, 1.82) is 0 Å². The fraction of sp³-hybridized carbons (Fsp3) is 0.333. The maximum Gasteiger partial charge on any atom is 0.118 e. The maximum atomic E-state index is 5.18. The lowest BCUT2D eigenvalue weighted by Crippen LogP contribution is -1.98. The van der Waals surface area contributed by atoms with Gasteiger partial charge >= 0.3 is 0 Å². The first-order valence-electron chi connectivity index (χ1n) is 7.07. The van der Waals surface area contributed by atoms with Crippen LogP contribution in [0.4, 0.5) is 0 Å². The molecule has 2 rings (SSSR count). The smallest absolute Gasteiger partial charge is 0.118 e. The van der Waals surface area contributed by atoms with Crippen LogP contribution in [0.2, 0.25) is 0 Å². The van der Waals surface area contributed by atoms with Gasteiger partial charge in [-0.15, -0.1) is 0 Å². The van der Waals surface area contributed by atoms with E-state index < -0.39 is 0 Å². The first-order chi connectivity index (χ1) is 10.2. The van der Waals surface area contributed by atoms with Crippen LogP contribution in [-0.2, 0) is 17.6 Å². The molecule has 2 aromatic carbocycles. The van der Waals surface area contributed by atoms with Crippen LogP contribution in [0.1, 0.15) is 21.5 Å². The third kappa shape index (κ3) is 4.87. The van der Waals surface area contributed by atoms with Gasteiger partial charge in [0.25, 0.3) is 0 Å². The molecule has 0 heterocycles. The quantitative estimate of drug-likeness (QED) is 0.682. The normalized spacial score (nSPS) is 12.1. The lowest BCUT2D eigenvalue weighted by atomic mass is 10.0. The Morgan fingerprint density at radius 2 is 1.52 bits per heavy atom. The zero-order valence-electron chi connectivity index (χ0n) is 12.5. The number of ether oxygens (including phenoxy) is 2. The molecule has 0 aliphatic rings. The molecule has 1 unspecified atom stereocenters. The molecular weight excluding hydrogens is 328 g/mol. The van der Waals surface area contributed by atoms with Gasteiger partial charge in [0.1, 0.15) is 5.75 Å². The Morgan fingerprint density at radius 3 is 2.10 bits per heavy atom. The molecule has 0 fully saturated rings. The van der Waals surface area contributed by atoms with E-state index in [0.29, 0.717) is 4.83 Å². The van der Waals surface area contributed by atoms with Crippen LogP contribution in [0.3, 0.4) is 0 Å². The Morgan fingerprint density at radius 1 is 0.905 bits per heavy atom.